The average Bonchev–Trinajstić information content (AvgIpc) is 3.12. The maximum absolute atomic E-state index is 12.8. The van der Waals surface area contributed by atoms with E-state index in [0.29, 0.717) is 11.8 Å². The van der Waals surface area contributed by atoms with Gasteiger partial charge in [-0.1, -0.05) is 17.7 Å². The van der Waals surface area contributed by atoms with Crippen LogP contribution in [0.15, 0.2) is 24.5 Å². The molecule has 1 heterocycles. The second-order valence-electron chi connectivity index (χ2n) is 8.70. The third kappa shape index (κ3) is 2.88. The monoisotopic (exact) mass is 387 g/mol. The van der Waals surface area contributed by atoms with Crippen LogP contribution in [-0.2, 0) is 16.8 Å². The number of amides is 1. The minimum atomic E-state index is -0.185. The summed E-state index contributed by atoms with van der Waals surface area (Å²) in [7, 11) is 0. The van der Waals surface area contributed by atoms with E-state index in [1.54, 1.807) is 16.9 Å². The Labute approximate surface area is 162 Å². The zero-order valence-corrected chi connectivity index (χ0v) is 15.7. The Bertz CT molecular complexity index is 870. The van der Waals surface area contributed by atoms with E-state index < -0.39 is 0 Å². The van der Waals surface area contributed by atoms with E-state index in [2.05, 4.69) is 20.7 Å². The number of aromatic hydroxyl groups is 1. The zero-order valence-electron chi connectivity index (χ0n) is 14.9. The van der Waals surface area contributed by atoms with Gasteiger partial charge < -0.3 is 10.4 Å². The van der Waals surface area contributed by atoms with Gasteiger partial charge in [-0.3, -0.25) is 4.79 Å². The van der Waals surface area contributed by atoms with Crippen molar-refractivity contribution >= 4 is 17.5 Å². The van der Waals surface area contributed by atoms with Crippen molar-refractivity contribution in [2.24, 2.45) is 11.8 Å². The van der Waals surface area contributed by atoms with Gasteiger partial charge in [0, 0.05) is 5.54 Å². The molecular weight excluding hydrogens is 366 g/mol. The molecule has 1 amide bonds. The molecule has 1 aromatic heterocycles. The van der Waals surface area contributed by atoms with E-state index in [1.807, 2.05) is 0 Å². The smallest absolute Gasteiger partial charge is 0.224 e. The van der Waals surface area contributed by atoms with Crippen LogP contribution < -0.4 is 5.32 Å². The first-order valence-corrected chi connectivity index (χ1v) is 9.85. The number of hydrogen-bond donors (Lipinski definition) is 2. The Kier molecular flexibility index (Phi) is 3.73. The molecule has 2 N–H and O–H groups in total. The van der Waals surface area contributed by atoms with Crippen molar-refractivity contribution in [3.05, 3.63) is 35.1 Å². The van der Waals surface area contributed by atoms with Crippen LogP contribution in [0.4, 0.5) is 0 Å². The number of halogens is 1. The number of phenolic OH excluding ortho intramolecular Hbond substituents is 1. The standard InChI is InChI=1S/C19H22ClN5O2/c20-15-4-12(1-2-16(15)26)5-17(27)23-18-6-13-3-14(7-18)9-19(8-13,10-18)25-22-11-21-24-25/h1-2,4,11,13-14,26H,3,5-10H2,(H,23,27). The zero-order chi connectivity index (χ0) is 18.6. The van der Waals surface area contributed by atoms with Gasteiger partial charge >= 0.3 is 0 Å². The van der Waals surface area contributed by atoms with E-state index in [0.717, 1.165) is 37.7 Å². The number of carbonyl (C=O) groups excluding carboxylic acids is 1. The lowest BCUT2D eigenvalue weighted by Crippen LogP contribution is -2.66. The van der Waals surface area contributed by atoms with Gasteiger partial charge in [0.15, 0.2) is 6.33 Å². The molecule has 142 valence electrons. The lowest BCUT2D eigenvalue weighted by atomic mass is 9.50. The Morgan fingerprint density at radius 2 is 2.07 bits per heavy atom. The van der Waals surface area contributed by atoms with E-state index in [-0.39, 0.29) is 34.2 Å². The summed E-state index contributed by atoms with van der Waals surface area (Å²) < 4.78 is 0. The fraction of sp³-hybridized carbons (Fsp3) is 0.579. The summed E-state index contributed by atoms with van der Waals surface area (Å²) in [6, 6.07) is 4.92. The number of phenols is 1. The maximum atomic E-state index is 12.8. The first kappa shape index (κ1) is 17.0. The summed E-state index contributed by atoms with van der Waals surface area (Å²) in [4.78, 5) is 14.6. The molecule has 0 aliphatic heterocycles. The number of benzene rings is 1. The number of aromatic nitrogens is 4. The predicted molar refractivity (Wildman–Crippen MR) is 98.2 cm³/mol. The highest BCUT2D eigenvalue weighted by Gasteiger charge is 2.60. The summed E-state index contributed by atoms with van der Waals surface area (Å²) in [5, 5.41) is 25.7. The molecule has 4 bridgehead atoms. The molecule has 7 nitrogen and oxygen atoms in total. The van der Waals surface area contributed by atoms with Crippen molar-refractivity contribution < 1.29 is 9.90 Å². The lowest BCUT2D eigenvalue weighted by Gasteiger charge is -2.61. The van der Waals surface area contributed by atoms with Crippen LogP contribution in [0.5, 0.6) is 5.75 Å². The molecule has 4 saturated carbocycles. The van der Waals surface area contributed by atoms with Gasteiger partial charge in [0.25, 0.3) is 0 Å². The third-order valence-corrected chi connectivity index (χ3v) is 6.89. The molecule has 0 spiro atoms. The highest BCUT2D eigenvalue weighted by atomic mass is 35.5. The second-order valence-corrected chi connectivity index (χ2v) is 9.11. The Morgan fingerprint density at radius 3 is 2.74 bits per heavy atom. The van der Waals surface area contributed by atoms with Crippen LogP contribution in [0.2, 0.25) is 5.02 Å². The molecule has 8 heteroatoms. The highest BCUT2D eigenvalue weighted by Crippen LogP contribution is 2.60. The molecule has 4 aliphatic carbocycles. The minimum Gasteiger partial charge on any atom is -0.506 e. The molecule has 27 heavy (non-hydrogen) atoms. The topological polar surface area (TPSA) is 92.9 Å². The van der Waals surface area contributed by atoms with Crippen molar-refractivity contribution in [1.82, 2.24) is 25.5 Å². The van der Waals surface area contributed by atoms with Gasteiger partial charge in [0.2, 0.25) is 5.91 Å². The van der Waals surface area contributed by atoms with Gasteiger partial charge in [0.1, 0.15) is 5.75 Å². The molecule has 6 rings (SSSR count). The summed E-state index contributed by atoms with van der Waals surface area (Å²) in [6.07, 6.45) is 8.07. The first-order valence-electron chi connectivity index (χ1n) is 9.47. The van der Waals surface area contributed by atoms with E-state index in [4.69, 9.17) is 11.6 Å². The van der Waals surface area contributed by atoms with Gasteiger partial charge in [-0.25, -0.2) is 0 Å². The lowest BCUT2D eigenvalue weighted by molar-refractivity contribution is -0.130. The number of nitrogens with zero attached hydrogens (tertiary/aromatic N) is 4. The van der Waals surface area contributed by atoms with Crippen molar-refractivity contribution in [1.29, 1.82) is 0 Å². The fourth-order valence-electron chi connectivity index (χ4n) is 6.16. The first-order chi connectivity index (χ1) is 13.0. The summed E-state index contributed by atoms with van der Waals surface area (Å²) in [5.74, 6) is 1.23. The van der Waals surface area contributed by atoms with E-state index >= 15 is 0 Å². The second kappa shape index (κ2) is 5.92. The molecule has 2 unspecified atom stereocenters. The number of carbonyl (C=O) groups is 1. The maximum Gasteiger partial charge on any atom is 0.224 e. The third-order valence-electron chi connectivity index (χ3n) is 6.58. The highest BCUT2D eigenvalue weighted by molar-refractivity contribution is 6.32. The quantitative estimate of drug-likeness (QED) is 0.840. The fourth-order valence-corrected chi connectivity index (χ4v) is 6.37. The van der Waals surface area contributed by atoms with Gasteiger partial charge in [-0.15, -0.1) is 10.2 Å². The number of nitrogens with one attached hydrogen (secondary N) is 1. The number of tetrazole rings is 1. The Hall–Kier alpha value is -2.15. The van der Waals surface area contributed by atoms with E-state index in [1.165, 1.54) is 18.8 Å². The van der Waals surface area contributed by atoms with Crippen molar-refractivity contribution in [2.45, 2.75) is 56.0 Å². The van der Waals surface area contributed by atoms with Gasteiger partial charge in [-0.05, 0) is 73.3 Å². The van der Waals surface area contributed by atoms with E-state index in [9.17, 15) is 9.90 Å². The summed E-state index contributed by atoms with van der Waals surface area (Å²) >= 11 is 5.97. The average molecular weight is 388 g/mol. The normalized spacial score (nSPS) is 34.0. The Balaban J connectivity index is 1.36. The largest absolute Gasteiger partial charge is 0.506 e. The molecule has 4 fully saturated rings. The Morgan fingerprint density at radius 1 is 1.30 bits per heavy atom. The molecule has 1 aromatic carbocycles. The molecule has 2 atom stereocenters. The van der Waals surface area contributed by atoms with Crippen LogP contribution in [0, 0.1) is 11.8 Å². The summed E-state index contributed by atoms with van der Waals surface area (Å²) in [6.45, 7) is 0. The SMILES string of the molecule is O=C(Cc1ccc(O)c(Cl)c1)NC12CC3CC(C1)CC(n1ncnn1)(C3)C2. The number of rotatable bonds is 4. The number of hydrogen-bond acceptors (Lipinski definition) is 5. The van der Waals surface area contributed by atoms with Crippen LogP contribution in [0.1, 0.15) is 44.1 Å². The van der Waals surface area contributed by atoms with Crippen LogP contribution in [-0.4, -0.2) is 36.8 Å². The van der Waals surface area contributed by atoms with Crippen molar-refractivity contribution in [3.8, 4) is 5.75 Å². The summed E-state index contributed by atoms with van der Waals surface area (Å²) in [5.41, 5.74) is 0.498. The van der Waals surface area contributed by atoms with Crippen LogP contribution >= 0.6 is 11.6 Å². The van der Waals surface area contributed by atoms with Crippen molar-refractivity contribution in [3.63, 3.8) is 0 Å². The molecule has 0 saturated heterocycles. The van der Waals surface area contributed by atoms with Gasteiger partial charge in [0.05, 0.1) is 17.0 Å². The molecule has 4 aliphatic rings. The van der Waals surface area contributed by atoms with Gasteiger partial charge in [-0.2, -0.15) is 4.80 Å². The predicted octanol–water partition coefficient (Wildman–Crippen LogP) is 2.44. The molecule has 0 radical (unpaired) electrons. The molecule has 2 aromatic rings. The molecular formula is C19H22ClN5O2. The van der Waals surface area contributed by atoms with Crippen molar-refractivity contribution in [2.75, 3.05) is 0 Å². The van der Waals surface area contributed by atoms with Crippen LogP contribution in [0.3, 0.4) is 0 Å². The van der Waals surface area contributed by atoms with Crippen LogP contribution in [0.25, 0.3) is 0 Å². The minimum absolute atomic E-state index is 0.000376.